The first-order valence-corrected chi connectivity index (χ1v) is 21.4. The van der Waals surface area contributed by atoms with E-state index in [1.165, 1.54) is 102 Å². The maximum Gasteiger partial charge on any atom is 0.0640 e. The van der Waals surface area contributed by atoms with E-state index in [-0.39, 0.29) is 0 Å². The molecule has 0 fully saturated rings. The molecular formula is C58H37NS. The third-order valence-electron chi connectivity index (χ3n) is 12.2. The van der Waals surface area contributed by atoms with Gasteiger partial charge in [0.05, 0.1) is 10.4 Å². The van der Waals surface area contributed by atoms with Gasteiger partial charge in [0.2, 0.25) is 0 Å². The molecule has 0 aliphatic heterocycles. The zero-order valence-electron chi connectivity index (χ0n) is 32.7. The monoisotopic (exact) mass is 779 g/mol. The molecule has 0 aliphatic rings. The van der Waals surface area contributed by atoms with E-state index in [2.05, 4.69) is 229 Å². The molecule has 12 aromatic rings. The molecule has 0 saturated heterocycles. The standard InChI is InChI=1S/C58H37NS/c1-3-15-40(16-4-1)56-51-22-10-9-20-48(51)49-35-33-45(37-53(49)57(56)41-17-5-2-6-18-41)59(54-24-13-23-52-50-21-11-12-25-55(50)60-58(52)54)44-31-28-38(29-32-44)42-30-34-47-43(36-42)27-26-39-14-7-8-19-46(39)47/h1-37H. The second-order valence-electron chi connectivity index (χ2n) is 15.6. The Morgan fingerprint density at radius 1 is 0.283 bits per heavy atom. The van der Waals surface area contributed by atoms with E-state index < -0.39 is 0 Å². The van der Waals surface area contributed by atoms with Crippen LogP contribution in [0, 0.1) is 0 Å². The lowest BCUT2D eigenvalue weighted by atomic mass is 9.85. The molecule has 1 nitrogen and oxygen atoms in total. The Morgan fingerprint density at radius 2 is 0.833 bits per heavy atom. The van der Waals surface area contributed by atoms with Crippen LogP contribution in [0.3, 0.4) is 0 Å². The second-order valence-corrected chi connectivity index (χ2v) is 16.7. The summed E-state index contributed by atoms with van der Waals surface area (Å²) in [5.74, 6) is 0. The molecular weight excluding hydrogens is 743 g/mol. The zero-order chi connectivity index (χ0) is 39.6. The van der Waals surface area contributed by atoms with Crippen LogP contribution in [0.2, 0.25) is 0 Å². The highest BCUT2D eigenvalue weighted by Gasteiger charge is 2.22. The van der Waals surface area contributed by atoms with Crippen LogP contribution in [0.15, 0.2) is 224 Å². The molecule has 0 aliphatic carbocycles. The van der Waals surface area contributed by atoms with Crippen LogP contribution < -0.4 is 4.90 Å². The number of fused-ring (bicyclic) bond motifs is 9. The molecule has 12 rings (SSSR count). The average Bonchev–Trinajstić information content (AvgIpc) is 3.71. The van der Waals surface area contributed by atoms with Gasteiger partial charge in [-0.2, -0.15) is 0 Å². The number of thiophene rings is 1. The zero-order valence-corrected chi connectivity index (χ0v) is 33.5. The molecule has 280 valence electrons. The van der Waals surface area contributed by atoms with Crippen molar-refractivity contribution in [3.8, 4) is 33.4 Å². The molecule has 0 bridgehead atoms. The van der Waals surface area contributed by atoms with Gasteiger partial charge >= 0.3 is 0 Å². The molecule has 0 atom stereocenters. The van der Waals surface area contributed by atoms with Gasteiger partial charge < -0.3 is 4.90 Å². The number of benzene rings is 11. The predicted octanol–water partition coefficient (Wildman–Crippen LogP) is 17.1. The molecule has 0 saturated carbocycles. The second kappa shape index (κ2) is 14.1. The summed E-state index contributed by atoms with van der Waals surface area (Å²) in [7, 11) is 0. The minimum atomic E-state index is 1.11. The van der Waals surface area contributed by atoms with Gasteiger partial charge in [-0.05, 0) is 119 Å². The van der Waals surface area contributed by atoms with Crippen molar-refractivity contribution < 1.29 is 0 Å². The lowest BCUT2D eigenvalue weighted by Crippen LogP contribution is -2.10. The number of hydrogen-bond donors (Lipinski definition) is 0. The molecule has 60 heavy (non-hydrogen) atoms. The van der Waals surface area contributed by atoms with Gasteiger partial charge in [-0.3, -0.25) is 0 Å². The van der Waals surface area contributed by atoms with Crippen LogP contribution in [0.25, 0.3) is 96.6 Å². The quantitative estimate of drug-likeness (QED) is 0.152. The van der Waals surface area contributed by atoms with E-state index in [4.69, 9.17) is 0 Å². The van der Waals surface area contributed by atoms with Crippen molar-refractivity contribution in [2.45, 2.75) is 0 Å². The van der Waals surface area contributed by atoms with E-state index in [0.29, 0.717) is 0 Å². The summed E-state index contributed by atoms with van der Waals surface area (Å²) in [5.41, 5.74) is 10.7. The molecule has 2 heteroatoms. The summed E-state index contributed by atoms with van der Waals surface area (Å²) in [6.45, 7) is 0. The summed E-state index contributed by atoms with van der Waals surface area (Å²) in [4.78, 5) is 2.47. The van der Waals surface area contributed by atoms with Gasteiger partial charge in [-0.25, -0.2) is 0 Å². The molecule has 0 amide bonds. The number of rotatable bonds is 6. The fourth-order valence-electron chi connectivity index (χ4n) is 9.46. The van der Waals surface area contributed by atoms with E-state index in [1.54, 1.807) is 0 Å². The fraction of sp³-hybridized carbons (Fsp3) is 0. The minimum Gasteiger partial charge on any atom is -0.309 e. The van der Waals surface area contributed by atoms with Crippen molar-refractivity contribution >= 4 is 91.7 Å². The van der Waals surface area contributed by atoms with Crippen LogP contribution in [-0.2, 0) is 0 Å². The van der Waals surface area contributed by atoms with Gasteiger partial charge in [0, 0.05) is 26.8 Å². The normalized spacial score (nSPS) is 11.7. The third kappa shape index (κ3) is 5.61. The first-order valence-electron chi connectivity index (χ1n) is 20.6. The Morgan fingerprint density at radius 3 is 1.62 bits per heavy atom. The third-order valence-corrected chi connectivity index (χ3v) is 13.4. The van der Waals surface area contributed by atoms with Crippen molar-refractivity contribution in [3.05, 3.63) is 224 Å². The average molecular weight is 780 g/mol. The Bertz CT molecular complexity index is 3590. The van der Waals surface area contributed by atoms with E-state index in [9.17, 15) is 0 Å². The fourth-order valence-corrected chi connectivity index (χ4v) is 10.7. The molecule has 0 spiro atoms. The number of hydrogen-bond acceptors (Lipinski definition) is 2. The topological polar surface area (TPSA) is 3.24 Å². The predicted molar refractivity (Wildman–Crippen MR) is 260 cm³/mol. The van der Waals surface area contributed by atoms with E-state index in [0.717, 1.165) is 11.4 Å². The Balaban J connectivity index is 1.09. The first-order chi connectivity index (χ1) is 29.8. The van der Waals surface area contributed by atoms with Crippen molar-refractivity contribution in [1.29, 1.82) is 0 Å². The SMILES string of the molecule is c1ccc(-c2c(-c3ccccc3)c3cc(N(c4ccc(-c5ccc6c(ccc7ccccc76)c5)cc4)c4cccc5c4sc4ccccc45)ccc3c3ccccc23)cc1. The summed E-state index contributed by atoms with van der Waals surface area (Å²) in [6, 6.07) is 82.6. The molecule has 11 aromatic carbocycles. The lowest BCUT2D eigenvalue weighted by Gasteiger charge is -2.27. The lowest BCUT2D eigenvalue weighted by molar-refractivity contribution is 1.31. The molecule has 1 heterocycles. The van der Waals surface area contributed by atoms with E-state index >= 15 is 0 Å². The highest BCUT2D eigenvalue weighted by Crippen LogP contribution is 2.49. The summed E-state index contributed by atoms with van der Waals surface area (Å²) >= 11 is 1.87. The van der Waals surface area contributed by atoms with Crippen LogP contribution >= 0.6 is 11.3 Å². The van der Waals surface area contributed by atoms with Gasteiger partial charge in [0.1, 0.15) is 0 Å². The molecule has 0 N–H and O–H groups in total. The highest BCUT2D eigenvalue weighted by molar-refractivity contribution is 7.26. The summed E-state index contributed by atoms with van der Waals surface area (Å²) < 4.78 is 2.57. The maximum atomic E-state index is 2.47. The Kier molecular flexibility index (Phi) is 8.11. The van der Waals surface area contributed by atoms with Gasteiger partial charge in [0.25, 0.3) is 0 Å². The van der Waals surface area contributed by atoms with Gasteiger partial charge in [-0.15, -0.1) is 11.3 Å². The van der Waals surface area contributed by atoms with Crippen LogP contribution in [0.1, 0.15) is 0 Å². The van der Waals surface area contributed by atoms with Crippen molar-refractivity contribution in [3.63, 3.8) is 0 Å². The molecule has 1 aromatic heterocycles. The van der Waals surface area contributed by atoms with Crippen molar-refractivity contribution in [2.75, 3.05) is 4.90 Å². The summed E-state index contributed by atoms with van der Waals surface area (Å²) in [5, 5.41) is 12.6. The van der Waals surface area contributed by atoms with Crippen molar-refractivity contribution in [2.24, 2.45) is 0 Å². The number of anilines is 3. The van der Waals surface area contributed by atoms with Crippen LogP contribution in [0.4, 0.5) is 17.1 Å². The maximum absolute atomic E-state index is 2.47. The Labute approximate surface area is 352 Å². The van der Waals surface area contributed by atoms with Gasteiger partial charge in [-0.1, -0.05) is 182 Å². The van der Waals surface area contributed by atoms with E-state index in [1.807, 2.05) is 11.3 Å². The highest BCUT2D eigenvalue weighted by atomic mass is 32.1. The molecule has 0 radical (unpaired) electrons. The Hall–Kier alpha value is -7.52. The molecule has 0 unspecified atom stereocenters. The smallest absolute Gasteiger partial charge is 0.0640 e. The van der Waals surface area contributed by atoms with Crippen LogP contribution in [-0.4, -0.2) is 0 Å². The first kappa shape index (κ1) is 34.5. The van der Waals surface area contributed by atoms with Crippen molar-refractivity contribution in [1.82, 2.24) is 0 Å². The van der Waals surface area contributed by atoms with Gasteiger partial charge in [0.15, 0.2) is 0 Å². The largest absolute Gasteiger partial charge is 0.309 e. The minimum absolute atomic E-state index is 1.11. The van der Waals surface area contributed by atoms with Crippen LogP contribution in [0.5, 0.6) is 0 Å². The number of nitrogens with zero attached hydrogens (tertiary/aromatic N) is 1. The summed E-state index contributed by atoms with van der Waals surface area (Å²) in [6.07, 6.45) is 0.